The molecular weight excluding hydrogens is 198 g/mol. The van der Waals surface area contributed by atoms with E-state index >= 15 is 0 Å². The summed E-state index contributed by atoms with van der Waals surface area (Å²) in [4.78, 5) is 0. The van der Waals surface area contributed by atoms with E-state index in [1.807, 2.05) is 6.92 Å². The molecule has 1 atom stereocenters. The Hall–Kier alpha value is -0.0900. The molecule has 0 amide bonds. The Labute approximate surface area is 87.0 Å². The third kappa shape index (κ3) is 2.95. The summed E-state index contributed by atoms with van der Waals surface area (Å²) in [7, 11) is -2.78. The molecule has 0 spiro atoms. The first-order valence-corrected chi connectivity index (χ1v) is 7.20. The van der Waals surface area contributed by atoms with Crippen molar-refractivity contribution in [3.8, 4) is 0 Å². The van der Waals surface area contributed by atoms with Crippen molar-refractivity contribution in [2.45, 2.75) is 45.6 Å². The summed E-state index contributed by atoms with van der Waals surface area (Å²) < 4.78 is 22.5. The molecule has 14 heavy (non-hydrogen) atoms. The second-order valence-corrected chi connectivity index (χ2v) is 6.96. The molecule has 1 rings (SSSR count). The van der Waals surface area contributed by atoms with Crippen LogP contribution in [0.3, 0.4) is 0 Å². The smallest absolute Gasteiger partial charge is 0.150 e. The number of hydrogen-bond donors (Lipinski definition) is 1. The summed E-state index contributed by atoms with van der Waals surface area (Å²) in [5.74, 6) is 0.593. The van der Waals surface area contributed by atoms with Crippen LogP contribution in [0.1, 0.15) is 39.5 Å². The molecule has 1 saturated carbocycles. The van der Waals surface area contributed by atoms with Gasteiger partial charge in [-0.3, -0.25) is 0 Å². The molecule has 4 heteroatoms. The van der Waals surface area contributed by atoms with Gasteiger partial charge in [0.15, 0.2) is 0 Å². The lowest BCUT2D eigenvalue weighted by Crippen LogP contribution is -2.28. The molecule has 0 aliphatic heterocycles. The van der Waals surface area contributed by atoms with E-state index in [0.717, 1.165) is 12.8 Å². The maximum Gasteiger partial charge on any atom is 0.150 e. The Balaban J connectivity index is 2.29. The highest BCUT2D eigenvalue weighted by Gasteiger charge is 2.44. The average molecular weight is 219 g/mol. The van der Waals surface area contributed by atoms with Gasteiger partial charge in [0.2, 0.25) is 0 Å². The van der Waals surface area contributed by atoms with Crippen LogP contribution in [0, 0.1) is 5.41 Å². The number of nitrogens with two attached hydrogens (primary N) is 1. The Kier molecular flexibility index (Phi) is 3.58. The van der Waals surface area contributed by atoms with Gasteiger partial charge in [0, 0.05) is 11.8 Å². The van der Waals surface area contributed by atoms with Crippen LogP contribution in [0.5, 0.6) is 0 Å². The third-order valence-electron chi connectivity index (χ3n) is 3.43. The molecule has 1 aliphatic rings. The highest BCUT2D eigenvalue weighted by atomic mass is 32.2. The van der Waals surface area contributed by atoms with E-state index in [1.165, 1.54) is 12.8 Å². The summed E-state index contributed by atoms with van der Waals surface area (Å²) >= 11 is 0. The van der Waals surface area contributed by atoms with Crippen LogP contribution in [0.15, 0.2) is 0 Å². The van der Waals surface area contributed by atoms with Crippen molar-refractivity contribution in [3.63, 3.8) is 0 Å². The molecule has 1 aliphatic carbocycles. The zero-order chi connectivity index (χ0) is 10.8. The van der Waals surface area contributed by atoms with Gasteiger partial charge in [0.05, 0.1) is 5.75 Å². The summed E-state index contributed by atoms with van der Waals surface area (Å²) in [6.45, 7) is 3.73. The van der Waals surface area contributed by atoms with Crippen molar-refractivity contribution in [3.05, 3.63) is 0 Å². The monoisotopic (exact) mass is 219 g/mol. The Morgan fingerprint density at radius 3 is 2.36 bits per heavy atom. The highest BCUT2D eigenvalue weighted by Crippen LogP contribution is 2.51. The fourth-order valence-corrected chi connectivity index (χ4v) is 2.75. The molecule has 2 N–H and O–H groups in total. The molecule has 1 fully saturated rings. The molecule has 0 aromatic carbocycles. The topological polar surface area (TPSA) is 60.2 Å². The minimum atomic E-state index is -2.78. The second-order valence-electron chi connectivity index (χ2n) is 4.49. The largest absolute Gasteiger partial charge is 0.327 e. The van der Waals surface area contributed by atoms with Crippen LogP contribution in [-0.4, -0.2) is 26.0 Å². The van der Waals surface area contributed by atoms with E-state index < -0.39 is 9.84 Å². The van der Waals surface area contributed by atoms with Crippen LogP contribution in [-0.2, 0) is 9.84 Å². The van der Waals surface area contributed by atoms with Gasteiger partial charge in [-0.15, -0.1) is 0 Å². The normalized spacial score (nSPS) is 21.9. The fraction of sp³-hybridized carbons (Fsp3) is 1.00. The minimum Gasteiger partial charge on any atom is -0.327 e. The van der Waals surface area contributed by atoms with Gasteiger partial charge in [0.1, 0.15) is 9.84 Å². The average Bonchev–Trinajstić information content (AvgIpc) is 2.85. The zero-order valence-electron chi connectivity index (χ0n) is 9.12. The van der Waals surface area contributed by atoms with E-state index in [1.54, 1.807) is 6.92 Å². The van der Waals surface area contributed by atoms with E-state index in [4.69, 9.17) is 5.73 Å². The van der Waals surface area contributed by atoms with Crippen molar-refractivity contribution < 1.29 is 8.42 Å². The van der Waals surface area contributed by atoms with Crippen LogP contribution in [0.2, 0.25) is 0 Å². The molecular formula is C10H21NO2S. The highest BCUT2D eigenvalue weighted by molar-refractivity contribution is 7.91. The van der Waals surface area contributed by atoms with Gasteiger partial charge >= 0.3 is 0 Å². The summed E-state index contributed by atoms with van der Waals surface area (Å²) in [5, 5.41) is 0. The first-order valence-electron chi connectivity index (χ1n) is 5.38. The van der Waals surface area contributed by atoms with Crippen molar-refractivity contribution in [1.29, 1.82) is 0 Å². The van der Waals surface area contributed by atoms with Crippen molar-refractivity contribution >= 4 is 9.84 Å². The molecule has 0 aromatic heterocycles. The summed E-state index contributed by atoms with van der Waals surface area (Å²) in [6, 6.07) is 0.215. The lowest BCUT2D eigenvalue weighted by Gasteiger charge is -2.18. The second kappa shape index (κ2) is 4.19. The molecule has 0 bridgehead atoms. The van der Waals surface area contributed by atoms with Gasteiger partial charge < -0.3 is 5.73 Å². The van der Waals surface area contributed by atoms with E-state index in [-0.39, 0.29) is 17.2 Å². The Morgan fingerprint density at radius 1 is 1.43 bits per heavy atom. The number of hydrogen-bond acceptors (Lipinski definition) is 3. The standard InChI is InChI=1S/C10H21NO2S/c1-3-14(12,13)8-4-5-10(6-7-10)9(2)11/h9H,3-8,11H2,1-2H3. The van der Waals surface area contributed by atoms with Crippen molar-refractivity contribution in [2.24, 2.45) is 11.1 Å². The van der Waals surface area contributed by atoms with Gasteiger partial charge in [0.25, 0.3) is 0 Å². The molecule has 0 saturated heterocycles. The van der Waals surface area contributed by atoms with Crippen molar-refractivity contribution in [1.82, 2.24) is 0 Å². The lowest BCUT2D eigenvalue weighted by molar-refractivity contribution is 0.386. The van der Waals surface area contributed by atoms with Crippen molar-refractivity contribution in [2.75, 3.05) is 11.5 Å². The van der Waals surface area contributed by atoms with Crippen LogP contribution in [0.4, 0.5) is 0 Å². The molecule has 0 radical (unpaired) electrons. The minimum absolute atomic E-state index is 0.215. The maximum absolute atomic E-state index is 11.2. The SMILES string of the molecule is CCS(=O)(=O)CCCC1(C(C)N)CC1. The number of rotatable bonds is 6. The molecule has 1 unspecified atom stereocenters. The third-order valence-corrected chi connectivity index (χ3v) is 5.22. The first-order chi connectivity index (χ1) is 6.42. The quantitative estimate of drug-likeness (QED) is 0.733. The number of sulfone groups is 1. The van der Waals surface area contributed by atoms with Gasteiger partial charge in [-0.25, -0.2) is 8.42 Å². The summed E-state index contributed by atoms with van der Waals surface area (Å²) in [5.41, 5.74) is 6.15. The summed E-state index contributed by atoms with van der Waals surface area (Å²) in [6.07, 6.45) is 4.11. The first kappa shape index (κ1) is 12.0. The van der Waals surface area contributed by atoms with Crippen LogP contribution in [0.25, 0.3) is 0 Å². The predicted octanol–water partition coefficient (Wildman–Crippen LogP) is 1.33. The Morgan fingerprint density at radius 2 is 2.00 bits per heavy atom. The molecule has 0 heterocycles. The van der Waals surface area contributed by atoms with Gasteiger partial charge in [-0.1, -0.05) is 6.92 Å². The van der Waals surface area contributed by atoms with Crippen LogP contribution < -0.4 is 5.73 Å². The molecule has 0 aromatic rings. The van der Waals surface area contributed by atoms with Gasteiger partial charge in [-0.2, -0.15) is 0 Å². The predicted molar refractivity (Wildman–Crippen MR) is 58.9 cm³/mol. The maximum atomic E-state index is 11.2. The lowest BCUT2D eigenvalue weighted by atomic mass is 9.93. The fourth-order valence-electron chi connectivity index (χ4n) is 1.88. The molecule has 84 valence electrons. The van der Waals surface area contributed by atoms with E-state index in [9.17, 15) is 8.42 Å². The Bertz CT molecular complexity index is 278. The zero-order valence-corrected chi connectivity index (χ0v) is 9.94. The van der Waals surface area contributed by atoms with Gasteiger partial charge in [-0.05, 0) is 38.0 Å². The van der Waals surface area contributed by atoms with E-state index in [0.29, 0.717) is 5.75 Å². The van der Waals surface area contributed by atoms with E-state index in [2.05, 4.69) is 0 Å². The molecule has 3 nitrogen and oxygen atoms in total. The van der Waals surface area contributed by atoms with Crippen LogP contribution >= 0.6 is 0 Å².